The Bertz CT molecular complexity index is 880. The van der Waals surface area contributed by atoms with Crippen molar-refractivity contribution >= 4 is 43.1 Å². The molecule has 3 aromatic rings. The molecule has 0 spiro atoms. The molecule has 0 bridgehead atoms. The van der Waals surface area contributed by atoms with E-state index in [1.54, 1.807) is 30.5 Å². The molecule has 0 unspecified atom stereocenters. The van der Waals surface area contributed by atoms with Crippen LogP contribution in [-0.4, -0.2) is 18.4 Å². The van der Waals surface area contributed by atoms with Crippen LogP contribution in [0, 0.1) is 6.92 Å². The molecule has 4 N–H and O–H groups in total. The molecule has 0 aliphatic rings. The van der Waals surface area contributed by atoms with E-state index in [0.29, 0.717) is 16.2 Å². The van der Waals surface area contributed by atoms with Gasteiger partial charge in [0, 0.05) is 28.2 Å². The van der Waals surface area contributed by atoms with Crippen molar-refractivity contribution < 1.29 is 8.42 Å². The normalized spacial score (nSPS) is 11.8. The Kier molecular flexibility index (Phi) is 2.91. The molecule has 0 aliphatic heterocycles. The Balaban J connectivity index is 2.07. The fraction of sp³-hybridized carbons (Fsp3) is 0.0833. The van der Waals surface area contributed by atoms with Crippen molar-refractivity contribution in [1.82, 2.24) is 9.97 Å². The van der Waals surface area contributed by atoms with Crippen molar-refractivity contribution in [3.05, 3.63) is 35.5 Å². The van der Waals surface area contributed by atoms with E-state index in [1.807, 2.05) is 0 Å². The zero-order valence-electron chi connectivity index (χ0n) is 10.5. The van der Waals surface area contributed by atoms with Crippen molar-refractivity contribution in [3.63, 3.8) is 0 Å². The molecule has 0 fully saturated rings. The van der Waals surface area contributed by atoms with Gasteiger partial charge in [0.05, 0.1) is 5.69 Å². The van der Waals surface area contributed by atoms with Crippen LogP contribution in [0.3, 0.4) is 0 Å². The topological polar surface area (TPSA) is 101 Å². The average Bonchev–Trinajstić information content (AvgIpc) is 2.95. The van der Waals surface area contributed by atoms with Crippen LogP contribution in [0.25, 0.3) is 10.9 Å². The van der Waals surface area contributed by atoms with Crippen molar-refractivity contribution in [2.75, 3.05) is 10.5 Å². The first-order valence-corrected chi connectivity index (χ1v) is 8.13. The number of anilines is 2. The van der Waals surface area contributed by atoms with Crippen LogP contribution < -0.4 is 10.5 Å². The molecule has 0 radical (unpaired) electrons. The van der Waals surface area contributed by atoms with E-state index in [-0.39, 0.29) is 4.90 Å². The number of aromatic amines is 1. The minimum atomic E-state index is -3.69. The summed E-state index contributed by atoms with van der Waals surface area (Å²) in [5, 5.41) is 2.69. The van der Waals surface area contributed by atoms with Gasteiger partial charge in [-0.25, -0.2) is 13.4 Å². The van der Waals surface area contributed by atoms with Crippen molar-refractivity contribution in [1.29, 1.82) is 0 Å². The summed E-state index contributed by atoms with van der Waals surface area (Å²) >= 11 is 1.25. The minimum absolute atomic E-state index is 0.160. The van der Waals surface area contributed by atoms with Gasteiger partial charge in [0.2, 0.25) is 0 Å². The molecular formula is C12H12N4O2S2. The number of aryl methyl sites for hydroxylation is 1. The average molecular weight is 308 g/mol. The molecule has 3 rings (SSSR count). The summed E-state index contributed by atoms with van der Waals surface area (Å²) in [5.74, 6) is 0. The monoisotopic (exact) mass is 308 g/mol. The second-order valence-corrected chi connectivity index (χ2v) is 6.87. The SMILES string of the molecule is Cc1csc(NS(=O)(=O)c2c[nH]c3ccc(N)cc23)n1. The summed E-state index contributed by atoms with van der Waals surface area (Å²) in [5.41, 5.74) is 7.72. The van der Waals surface area contributed by atoms with E-state index in [0.717, 1.165) is 11.2 Å². The number of hydrogen-bond donors (Lipinski definition) is 3. The molecule has 6 nitrogen and oxygen atoms in total. The van der Waals surface area contributed by atoms with Crippen LogP contribution in [0.1, 0.15) is 5.69 Å². The number of H-pyrrole nitrogens is 1. The van der Waals surface area contributed by atoms with Gasteiger partial charge in [-0.3, -0.25) is 4.72 Å². The Labute approximate surface area is 119 Å². The maximum Gasteiger partial charge on any atom is 0.265 e. The first-order chi connectivity index (χ1) is 9.45. The largest absolute Gasteiger partial charge is 0.399 e. The summed E-state index contributed by atoms with van der Waals surface area (Å²) < 4.78 is 27.3. The fourth-order valence-electron chi connectivity index (χ4n) is 1.91. The maximum atomic E-state index is 12.4. The van der Waals surface area contributed by atoms with E-state index < -0.39 is 10.0 Å². The van der Waals surface area contributed by atoms with Gasteiger partial charge in [-0.1, -0.05) is 0 Å². The number of thiazole rings is 1. The van der Waals surface area contributed by atoms with Crippen molar-refractivity contribution in [2.45, 2.75) is 11.8 Å². The van der Waals surface area contributed by atoms with E-state index in [1.165, 1.54) is 17.5 Å². The number of hydrogen-bond acceptors (Lipinski definition) is 5. The van der Waals surface area contributed by atoms with Gasteiger partial charge in [0.1, 0.15) is 4.90 Å². The van der Waals surface area contributed by atoms with Crippen LogP contribution >= 0.6 is 11.3 Å². The number of benzene rings is 1. The van der Waals surface area contributed by atoms with Gasteiger partial charge in [-0.15, -0.1) is 11.3 Å². The lowest BCUT2D eigenvalue weighted by molar-refractivity contribution is 0.602. The zero-order valence-corrected chi connectivity index (χ0v) is 12.2. The molecule has 0 saturated carbocycles. The predicted molar refractivity (Wildman–Crippen MR) is 80.4 cm³/mol. The quantitative estimate of drug-likeness (QED) is 0.646. The molecule has 8 heteroatoms. The van der Waals surface area contributed by atoms with Gasteiger partial charge in [-0.05, 0) is 25.1 Å². The molecule has 1 aromatic carbocycles. The number of rotatable bonds is 3. The number of fused-ring (bicyclic) bond motifs is 1. The molecule has 0 saturated heterocycles. The highest BCUT2D eigenvalue weighted by Gasteiger charge is 2.20. The van der Waals surface area contributed by atoms with E-state index in [2.05, 4.69) is 14.7 Å². The third kappa shape index (κ3) is 2.23. The first-order valence-electron chi connectivity index (χ1n) is 5.77. The molecule has 0 atom stereocenters. The highest BCUT2D eigenvalue weighted by atomic mass is 32.2. The van der Waals surface area contributed by atoms with Crippen LogP contribution in [0.5, 0.6) is 0 Å². The molecule has 20 heavy (non-hydrogen) atoms. The van der Waals surface area contributed by atoms with E-state index >= 15 is 0 Å². The highest BCUT2D eigenvalue weighted by Crippen LogP contribution is 2.27. The zero-order chi connectivity index (χ0) is 14.3. The maximum absolute atomic E-state index is 12.4. The number of nitrogen functional groups attached to an aromatic ring is 1. The van der Waals surface area contributed by atoms with Crippen LogP contribution in [0.2, 0.25) is 0 Å². The van der Waals surface area contributed by atoms with Gasteiger partial charge >= 0.3 is 0 Å². The second kappa shape index (κ2) is 4.50. The molecule has 0 aliphatic carbocycles. The number of aromatic nitrogens is 2. The molecule has 104 valence electrons. The molecule has 2 aromatic heterocycles. The van der Waals surface area contributed by atoms with Crippen LogP contribution in [0.4, 0.5) is 10.8 Å². The van der Waals surface area contributed by atoms with Gasteiger partial charge in [0.25, 0.3) is 10.0 Å². The Hall–Kier alpha value is -2.06. The van der Waals surface area contributed by atoms with E-state index in [4.69, 9.17) is 5.73 Å². The molecule has 2 heterocycles. The fourth-order valence-corrected chi connectivity index (χ4v) is 4.02. The summed E-state index contributed by atoms with van der Waals surface area (Å²) in [6.45, 7) is 1.81. The Morgan fingerprint density at radius 1 is 1.40 bits per heavy atom. The molecular weight excluding hydrogens is 296 g/mol. The third-order valence-electron chi connectivity index (χ3n) is 2.80. The second-order valence-electron chi connectivity index (χ2n) is 4.36. The predicted octanol–water partition coefficient (Wildman–Crippen LogP) is 2.32. The summed E-state index contributed by atoms with van der Waals surface area (Å²) in [4.78, 5) is 7.18. The molecule has 0 amide bonds. The first kappa shape index (κ1) is 12.9. The van der Waals surface area contributed by atoms with Crippen LogP contribution in [-0.2, 0) is 10.0 Å². The van der Waals surface area contributed by atoms with E-state index in [9.17, 15) is 8.42 Å². The smallest absolute Gasteiger partial charge is 0.265 e. The third-order valence-corrected chi connectivity index (χ3v) is 5.18. The number of nitrogens with zero attached hydrogens (tertiary/aromatic N) is 1. The number of sulfonamides is 1. The Morgan fingerprint density at radius 2 is 2.20 bits per heavy atom. The number of nitrogens with one attached hydrogen (secondary N) is 2. The van der Waals surface area contributed by atoms with Gasteiger partial charge in [-0.2, -0.15) is 0 Å². The summed E-state index contributed by atoms with van der Waals surface area (Å²) in [6.07, 6.45) is 1.45. The number of nitrogens with two attached hydrogens (primary N) is 1. The standard InChI is InChI=1S/C12H12N4O2S2/c1-7-6-19-12(15-7)16-20(17,18)11-5-14-10-3-2-8(13)4-9(10)11/h2-6,14H,13H2,1H3,(H,15,16). The highest BCUT2D eigenvalue weighted by molar-refractivity contribution is 7.93. The lowest BCUT2D eigenvalue weighted by Gasteiger charge is -2.04. The summed E-state index contributed by atoms with van der Waals surface area (Å²) in [6, 6.07) is 5.09. The summed E-state index contributed by atoms with van der Waals surface area (Å²) in [7, 11) is -3.69. The lowest BCUT2D eigenvalue weighted by Crippen LogP contribution is -2.12. The van der Waals surface area contributed by atoms with Crippen molar-refractivity contribution in [3.8, 4) is 0 Å². The lowest BCUT2D eigenvalue weighted by atomic mass is 10.2. The Morgan fingerprint density at radius 3 is 2.90 bits per heavy atom. The van der Waals surface area contributed by atoms with Crippen molar-refractivity contribution in [2.24, 2.45) is 0 Å². The van der Waals surface area contributed by atoms with Gasteiger partial charge in [0.15, 0.2) is 5.13 Å². The van der Waals surface area contributed by atoms with Gasteiger partial charge < -0.3 is 10.7 Å². The van der Waals surface area contributed by atoms with Crippen LogP contribution in [0.15, 0.2) is 34.7 Å². The minimum Gasteiger partial charge on any atom is -0.399 e.